The number of nitrogens with zero attached hydrogens (tertiary/aromatic N) is 3. The fraction of sp³-hybridized carbons (Fsp3) is 0.733. The van der Waals surface area contributed by atoms with E-state index >= 15 is 0 Å². The van der Waals surface area contributed by atoms with Crippen LogP contribution in [0.5, 0.6) is 0 Å². The third-order valence-corrected chi connectivity index (χ3v) is 5.27. The number of rotatable bonds is 5. The van der Waals surface area contributed by atoms with Crippen LogP contribution in [0, 0.1) is 21.4 Å². The summed E-state index contributed by atoms with van der Waals surface area (Å²) in [6.07, 6.45) is 4.66. The molecule has 0 aromatic carbocycles. The number of hydrogen-bond acceptors (Lipinski definition) is 7. The van der Waals surface area contributed by atoms with Crippen LogP contribution in [-0.2, 0) is 4.74 Å². The van der Waals surface area contributed by atoms with Gasteiger partial charge in [0.25, 0.3) is 0 Å². The van der Waals surface area contributed by atoms with Crippen LogP contribution in [-0.4, -0.2) is 39.7 Å². The molecule has 2 aliphatic carbocycles. The van der Waals surface area contributed by atoms with Gasteiger partial charge >= 0.3 is 5.69 Å². The minimum Gasteiger partial charge on any atom is -0.377 e. The molecule has 0 radical (unpaired) electrons. The van der Waals surface area contributed by atoms with Gasteiger partial charge in [-0.05, 0) is 19.3 Å². The van der Waals surface area contributed by atoms with Crippen LogP contribution in [0.3, 0.4) is 0 Å². The van der Waals surface area contributed by atoms with E-state index in [1.165, 1.54) is 6.20 Å². The van der Waals surface area contributed by atoms with Gasteiger partial charge < -0.3 is 15.4 Å². The molecule has 2 N–H and O–H groups in total. The van der Waals surface area contributed by atoms with Crippen molar-refractivity contribution in [2.45, 2.75) is 51.3 Å². The molecule has 124 valence electrons. The summed E-state index contributed by atoms with van der Waals surface area (Å²) in [6, 6.07) is 0.523. The van der Waals surface area contributed by atoms with Crippen molar-refractivity contribution in [3.63, 3.8) is 0 Å². The lowest BCUT2D eigenvalue weighted by atomic mass is 9.57. The Bertz CT molecular complexity index is 646. The average molecular weight is 319 g/mol. The Morgan fingerprint density at radius 1 is 1.35 bits per heavy atom. The molecular weight excluding hydrogens is 298 g/mol. The molecule has 1 aromatic heterocycles. The number of fused-ring (bicyclic) bond motifs is 1. The molecule has 0 unspecified atom stereocenters. The molecule has 2 saturated carbocycles. The second-order valence-electron chi connectivity index (χ2n) is 7.29. The molecule has 0 bridgehead atoms. The van der Waals surface area contributed by atoms with Gasteiger partial charge in [0.2, 0.25) is 11.8 Å². The van der Waals surface area contributed by atoms with Gasteiger partial charge in [-0.3, -0.25) is 10.1 Å². The Morgan fingerprint density at radius 2 is 2.13 bits per heavy atom. The number of nitro groups is 1. The topological polar surface area (TPSA) is 102 Å². The zero-order valence-corrected chi connectivity index (χ0v) is 13.3. The summed E-state index contributed by atoms with van der Waals surface area (Å²) in [5.41, 5.74) is -0.0616. The van der Waals surface area contributed by atoms with Gasteiger partial charge in [-0.25, -0.2) is 4.98 Å². The zero-order valence-electron chi connectivity index (χ0n) is 13.3. The quantitative estimate of drug-likeness (QED) is 0.633. The molecule has 0 amide bonds. The lowest BCUT2D eigenvalue weighted by Crippen LogP contribution is -2.63. The molecule has 0 spiro atoms. The van der Waals surface area contributed by atoms with Crippen LogP contribution in [0.1, 0.15) is 33.1 Å². The van der Waals surface area contributed by atoms with Gasteiger partial charge in [0.15, 0.2) is 0 Å². The maximum absolute atomic E-state index is 11.1. The van der Waals surface area contributed by atoms with Crippen molar-refractivity contribution in [1.29, 1.82) is 0 Å². The van der Waals surface area contributed by atoms with E-state index in [0.29, 0.717) is 23.7 Å². The minimum atomic E-state index is -0.442. The molecule has 2 heterocycles. The molecule has 1 aliphatic heterocycles. The standard InChI is InChI=1S/C15H21N5O3/c1-15(2)11(9-5-6-23-12(9)15)18-14-16-7-10(20(21)22)13(19-14)17-8-3-4-8/h7-9,11-12H,3-6H2,1-2H3,(H2,16,17,18,19)/t9-,11-,12+/m1/s1. The number of aromatic nitrogens is 2. The third kappa shape index (κ3) is 2.41. The summed E-state index contributed by atoms with van der Waals surface area (Å²) in [7, 11) is 0. The van der Waals surface area contributed by atoms with Crippen LogP contribution >= 0.6 is 0 Å². The number of ether oxygens (including phenoxy) is 1. The van der Waals surface area contributed by atoms with Gasteiger partial charge in [-0.1, -0.05) is 13.8 Å². The van der Waals surface area contributed by atoms with Crippen LogP contribution in [0.2, 0.25) is 0 Å². The van der Waals surface area contributed by atoms with E-state index in [9.17, 15) is 10.1 Å². The summed E-state index contributed by atoms with van der Waals surface area (Å²) in [5, 5.41) is 17.6. The van der Waals surface area contributed by atoms with E-state index in [4.69, 9.17) is 4.74 Å². The van der Waals surface area contributed by atoms with Gasteiger partial charge in [0.05, 0.1) is 11.0 Å². The van der Waals surface area contributed by atoms with E-state index in [2.05, 4.69) is 34.4 Å². The Labute approximate surface area is 134 Å². The van der Waals surface area contributed by atoms with E-state index in [1.54, 1.807) is 0 Å². The highest BCUT2D eigenvalue weighted by Crippen LogP contribution is 2.53. The van der Waals surface area contributed by atoms with Gasteiger partial charge in [-0.2, -0.15) is 4.98 Å². The van der Waals surface area contributed by atoms with Gasteiger partial charge in [-0.15, -0.1) is 0 Å². The normalized spacial score (nSPS) is 31.1. The van der Waals surface area contributed by atoms with E-state index in [1.807, 2.05) is 0 Å². The molecule has 23 heavy (non-hydrogen) atoms. The Morgan fingerprint density at radius 3 is 2.83 bits per heavy atom. The van der Waals surface area contributed by atoms with E-state index in [0.717, 1.165) is 25.9 Å². The van der Waals surface area contributed by atoms with Crippen LogP contribution < -0.4 is 10.6 Å². The molecule has 1 saturated heterocycles. The molecule has 3 fully saturated rings. The first-order valence-corrected chi connectivity index (χ1v) is 8.13. The molecule has 8 nitrogen and oxygen atoms in total. The first-order valence-electron chi connectivity index (χ1n) is 8.13. The van der Waals surface area contributed by atoms with Gasteiger partial charge in [0.1, 0.15) is 6.20 Å². The first-order chi connectivity index (χ1) is 11.0. The monoisotopic (exact) mass is 319 g/mol. The average Bonchev–Trinajstić information content (AvgIpc) is 3.19. The fourth-order valence-electron chi connectivity index (χ4n) is 3.86. The van der Waals surface area contributed by atoms with Gasteiger partial charge in [0, 0.05) is 30.0 Å². The highest BCUT2D eigenvalue weighted by atomic mass is 16.6. The van der Waals surface area contributed by atoms with Crippen molar-refractivity contribution in [3.05, 3.63) is 16.3 Å². The Balaban J connectivity index is 1.56. The number of anilines is 2. The highest BCUT2D eigenvalue weighted by Gasteiger charge is 2.59. The highest BCUT2D eigenvalue weighted by molar-refractivity contribution is 5.58. The SMILES string of the molecule is CC1(C)[C@H](Nc2ncc([N+](=O)[O-])c(NC3CC3)n2)[C@H]2CCO[C@@H]21. The largest absolute Gasteiger partial charge is 0.377 e. The second-order valence-corrected chi connectivity index (χ2v) is 7.29. The van der Waals surface area contributed by atoms with Crippen molar-refractivity contribution in [3.8, 4) is 0 Å². The number of hydrogen-bond donors (Lipinski definition) is 2. The van der Waals surface area contributed by atoms with Crippen molar-refractivity contribution in [2.75, 3.05) is 17.2 Å². The molecule has 3 aliphatic rings. The Kier molecular flexibility index (Phi) is 3.19. The van der Waals surface area contributed by atoms with Crippen LogP contribution in [0.25, 0.3) is 0 Å². The zero-order chi connectivity index (χ0) is 16.2. The fourth-order valence-corrected chi connectivity index (χ4v) is 3.86. The van der Waals surface area contributed by atoms with Crippen molar-refractivity contribution in [2.24, 2.45) is 11.3 Å². The summed E-state index contributed by atoms with van der Waals surface area (Å²) in [6.45, 7) is 5.14. The molecule has 4 rings (SSSR count). The predicted octanol–water partition coefficient (Wildman–Crippen LogP) is 2.18. The summed E-state index contributed by atoms with van der Waals surface area (Å²) < 4.78 is 5.79. The van der Waals surface area contributed by atoms with E-state index < -0.39 is 4.92 Å². The summed E-state index contributed by atoms with van der Waals surface area (Å²) >= 11 is 0. The van der Waals surface area contributed by atoms with Crippen molar-refractivity contribution < 1.29 is 9.66 Å². The summed E-state index contributed by atoms with van der Waals surface area (Å²) in [4.78, 5) is 19.2. The lowest BCUT2D eigenvalue weighted by molar-refractivity contribution is -0.384. The smallest absolute Gasteiger partial charge is 0.329 e. The molecule has 1 aromatic rings. The molecular formula is C15H21N5O3. The van der Waals surface area contributed by atoms with Crippen LogP contribution in [0.4, 0.5) is 17.5 Å². The molecule has 8 heteroatoms. The Hall–Kier alpha value is -1.96. The minimum absolute atomic E-state index is 0.0103. The predicted molar refractivity (Wildman–Crippen MR) is 84.4 cm³/mol. The van der Waals surface area contributed by atoms with Crippen molar-refractivity contribution >= 4 is 17.5 Å². The van der Waals surface area contributed by atoms with E-state index in [-0.39, 0.29) is 23.2 Å². The second kappa shape index (κ2) is 5.02. The molecule has 3 atom stereocenters. The first kappa shape index (κ1) is 14.6. The van der Waals surface area contributed by atoms with Crippen molar-refractivity contribution in [1.82, 2.24) is 9.97 Å². The van der Waals surface area contributed by atoms with Crippen LogP contribution in [0.15, 0.2) is 6.20 Å². The summed E-state index contributed by atoms with van der Waals surface area (Å²) in [5.74, 6) is 1.22. The third-order valence-electron chi connectivity index (χ3n) is 5.27. The maximum atomic E-state index is 11.1. The maximum Gasteiger partial charge on any atom is 0.329 e. The lowest BCUT2D eigenvalue weighted by Gasteiger charge is -2.54. The number of nitrogens with one attached hydrogen (secondary N) is 2.